The highest BCUT2D eigenvalue weighted by molar-refractivity contribution is 6.33. The lowest BCUT2D eigenvalue weighted by atomic mass is 10.0. The number of ether oxygens (including phenoxy) is 3. The Kier molecular flexibility index (Phi) is 14.4. The van der Waals surface area contributed by atoms with Gasteiger partial charge >= 0.3 is 11.9 Å². The maximum atomic E-state index is 12.8. The van der Waals surface area contributed by atoms with Crippen molar-refractivity contribution in [1.82, 2.24) is 0 Å². The van der Waals surface area contributed by atoms with E-state index < -0.39 is 11.9 Å². The van der Waals surface area contributed by atoms with E-state index in [0.29, 0.717) is 5.56 Å². The van der Waals surface area contributed by atoms with Crippen LogP contribution < -0.4 is 9.47 Å². The van der Waals surface area contributed by atoms with E-state index in [-0.39, 0.29) is 22.4 Å². The lowest BCUT2D eigenvalue weighted by Gasteiger charge is -2.14. The molecule has 0 amide bonds. The highest BCUT2D eigenvalue weighted by atomic mass is 35.5. The summed E-state index contributed by atoms with van der Waals surface area (Å²) in [6, 6.07) is 19.8. The summed E-state index contributed by atoms with van der Waals surface area (Å²) in [5, 5.41) is 0.179. The lowest BCUT2D eigenvalue weighted by molar-refractivity contribution is 0.0319. The molecule has 0 saturated heterocycles. The predicted octanol–water partition coefficient (Wildman–Crippen LogP) is 10.5. The van der Waals surface area contributed by atoms with Gasteiger partial charge in [0.15, 0.2) is 0 Å². The summed E-state index contributed by atoms with van der Waals surface area (Å²) in [6.45, 7) is 7.02. The molecule has 6 heteroatoms. The van der Waals surface area contributed by atoms with E-state index in [0.717, 1.165) is 55.6 Å². The van der Waals surface area contributed by atoms with Crippen molar-refractivity contribution < 1.29 is 23.8 Å². The van der Waals surface area contributed by atoms with Crippen molar-refractivity contribution in [2.24, 2.45) is 0 Å². The Morgan fingerprint density at radius 1 is 0.690 bits per heavy atom. The van der Waals surface area contributed by atoms with Gasteiger partial charge in [0.25, 0.3) is 0 Å². The monoisotopic (exact) mass is 592 g/mol. The third-order valence-electron chi connectivity index (χ3n) is 7.22. The van der Waals surface area contributed by atoms with Gasteiger partial charge < -0.3 is 14.2 Å². The molecule has 5 nitrogen and oxygen atoms in total. The molecule has 226 valence electrons. The Morgan fingerprint density at radius 3 is 1.90 bits per heavy atom. The third-order valence-corrected chi connectivity index (χ3v) is 7.53. The average Bonchev–Trinajstić information content (AvgIpc) is 2.99. The van der Waals surface area contributed by atoms with Crippen molar-refractivity contribution in [1.29, 1.82) is 0 Å². The van der Waals surface area contributed by atoms with Crippen molar-refractivity contribution in [3.05, 3.63) is 82.9 Å². The van der Waals surface area contributed by atoms with Crippen molar-refractivity contribution >= 4 is 23.5 Å². The number of halogens is 1. The van der Waals surface area contributed by atoms with Gasteiger partial charge in [-0.3, -0.25) is 0 Å². The SMILES string of the molecule is CCCCCCCCOc1ccc(-c2ccc(C(=O)Oc3ccc(C(=O)OC(C)CCCCCC)c(Cl)c3)cc2)cc1. The molecule has 3 rings (SSSR count). The molecular weight excluding hydrogens is 548 g/mol. The first-order chi connectivity index (χ1) is 20.4. The highest BCUT2D eigenvalue weighted by Gasteiger charge is 2.17. The van der Waals surface area contributed by atoms with E-state index in [1.54, 1.807) is 18.2 Å². The Labute approximate surface area is 256 Å². The van der Waals surface area contributed by atoms with Gasteiger partial charge in [-0.15, -0.1) is 0 Å². The largest absolute Gasteiger partial charge is 0.494 e. The maximum Gasteiger partial charge on any atom is 0.343 e. The van der Waals surface area contributed by atoms with Crippen molar-refractivity contribution in [3.8, 4) is 22.6 Å². The van der Waals surface area contributed by atoms with Crippen molar-refractivity contribution in [2.45, 2.75) is 97.5 Å². The fourth-order valence-electron chi connectivity index (χ4n) is 4.67. The van der Waals surface area contributed by atoms with Crippen LogP contribution in [-0.4, -0.2) is 24.6 Å². The average molecular weight is 593 g/mol. The number of unbranched alkanes of at least 4 members (excludes halogenated alkanes) is 8. The fraction of sp³-hybridized carbons (Fsp3) is 0.444. The summed E-state index contributed by atoms with van der Waals surface area (Å²) < 4.78 is 16.9. The van der Waals surface area contributed by atoms with E-state index in [9.17, 15) is 9.59 Å². The van der Waals surface area contributed by atoms with Gasteiger partial charge in [0.2, 0.25) is 0 Å². The van der Waals surface area contributed by atoms with Crippen LogP contribution in [0.5, 0.6) is 11.5 Å². The van der Waals surface area contributed by atoms with Gasteiger partial charge in [0.05, 0.1) is 28.9 Å². The molecule has 3 aromatic carbocycles. The first kappa shape index (κ1) is 33.2. The minimum Gasteiger partial charge on any atom is -0.494 e. The summed E-state index contributed by atoms with van der Waals surface area (Å²) in [5.74, 6) is 0.137. The molecule has 0 aliphatic heterocycles. The molecule has 0 bridgehead atoms. The second-order valence-electron chi connectivity index (χ2n) is 10.8. The van der Waals surface area contributed by atoms with Crippen LogP contribution in [0.2, 0.25) is 5.02 Å². The second kappa shape index (κ2) is 18.3. The number of esters is 2. The van der Waals surface area contributed by atoms with Crippen LogP contribution in [0.3, 0.4) is 0 Å². The number of benzene rings is 3. The minimum atomic E-state index is -0.507. The summed E-state index contributed by atoms with van der Waals surface area (Å²) >= 11 is 6.34. The van der Waals surface area contributed by atoms with Gasteiger partial charge in [-0.2, -0.15) is 0 Å². The molecule has 0 aliphatic carbocycles. The van der Waals surface area contributed by atoms with Crippen LogP contribution >= 0.6 is 11.6 Å². The van der Waals surface area contributed by atoms with E-state index in [1.807, 2.05) is 43.3 Å². The number of carbonyl (C=O) groups is 2. The van der Waals surface area contributed by atoms with E-state index in [4.69, 9.17) is 25.8 Å². The first-order valence-electron chi connectivity index (χ1n) is 15.5. The topological polar surface area (TPSA) is 61.8 Å². The van der Waals surface area contributed by atoms with Crippen molar-refractivity contribution in [3.63, 3.8) is 0 Å². The molecule has 3 aromatic rings. The van der Waals surface area contributed by atoms with Gasteiger partial charge in [-0.25, -0.2) is 9.59 Å². The first-order valence-corrected chi connectivity index (χ1v) is 15.8. The molecule has 0 heterocycles. The zero-order chi connectivity index (χ0) is 30.2. The molecular formula is C36H45ClO5. The van der Waals surface area contributed by atoms with E-state index in [1.165, 1.54) is 50.7 Å². The molecule has 0 saturated carbocycles. The van der Waals surface area contributed by atoms with Gasteiger partial charge in [-0.1, -0.05) is 101 Å². The van der Waals surface area contributed by atoms with Gasteiger partial charge in [-0.05, 0) is 73.7 Å². The molecule has 0 fully saturated rings. The van der Waals surface area contributed by atoms with Crippen LogP contribution in [0, 0.1) is 0 Å². The summed E-state index contributed by atoms with van der Waals surface area (Å²) in [7, 11) is 0. The van der Waals surface area contributed by atoms with Gasteiger partial charge in [0, 0.05) is 6.07 Å². The minimum absolute atomic E-state index is 0.179. The number of hydrogen-bond acceptors (Lipinski definition) is 5. The molecule has 0 radical (unpaired) electrons. The molecule has 0 spiro atoms. The normalized spacial score (nSPS) is 11.6. The fourth-order valence-corrected chi connectivity index (χ4v) is 4.92. The van der Waals surface area contributed by atoms with Crippen LogP contribution in [0.1, 0.15) is 112 Å². The van der Waals surface area contributed by atoms with E-state index in [2.05, 4.69) is 13.8 Å². The predicted molar refractivity (Wildman–Crippen MR) is 171 cm³/mol. The molecule has 1 unspecified atom stereocenters. The second-order valence-corrected chi connectivity index (χ2v) is 11.2. The molecule has 1 atom stereocenters. The highest BCUT2D eigenvalue weighted by Crippen LogP contribution is 2.26. The van der Waals surface area contributed by atoms with Crippen LogP contribution in [-0.2, 0) is 4.74 Å². The molecule has 0 aromatic heterocycles. The number of carbonyl (C=O) groups excluding carboxylic acids is 2. The van der Waals surface area contributed by atoms with Crippen molar-refractivity contribution in [2.75, 3.05) is 6.61 Å². The zero-order valence-corrected chi connectivity index (χ0v) is 26.1. The summed E-state index contributed by atoms with van der Waals surface area (Å²) in [4.78, 5) is 25.3. The summed E-state index contributed by atoms with van der Waals surface area (Å²) in [5.41, 5.74) is 2.68. The molecule has 0 N–H and O–H groups in total. The zero-order valence-electron chi connectivity index (χ0n) is 25.3. The number of rotatable bonds is 18. The maximum absolute atomic E-state index is 12.8. The van der Waals surface area contributed by atoms with E-state index >= 15 is 0 Å². The standard InChI is InChI=1S/C36H45ClO5/c1-4-6-8-10-11-13-25-40-31-21-19-29(20-22-31)28-15-17-30(18-16-28)35(38)42-32-23-24-33(34(37)26-32)36(39)41-27(3)14-12-9-7-5-2/h15-24,26-27H,4-14,25H2,1-3H3. The molecule has 42 heavy (non-hydrogen) atoms. The molecule has 0 aliphatic rings. The van der Waals surface area contributed by atoms with Crippen LogP contribution in [0.4, 0.5) is 0 Å². The van der Waals surface area contributed by atoms with Crippen LogP contribution in [0.15, 0.2) is 66.7 Å². The summed E-state index contributed by atoms with van der Waals surface area (Å²) in [6.07, 6.45) is 12.6. The Hall–Kier alpha value is -3.31. The Morgan fingerprint density at radius 2 is 1.26 bits per heavy atom. The van der Waals surface area contributed by atoms with Crippen LogP contribution in [0.25, 0.3) is 11.1 Å². The van der Waals surface area contributed by atoms with Gasteiger partial charge in [0.1, 0.15) is 11.5 Å². The Bertz CT molecular complexity index is 1240. The Balaban J connectivity index is 1.48. The smallest absolute Gasteiger partial charge is 0.343 e. The lowest BCUT2D eigenvalue weighted by Crippen LogP contribution is -2.15. The third kappa shape index (κ3) is 11.2. The number of hydrogen-bond donors (Lipinski definition) is 0. The quantitative estimate of drug-likeness (QED) is 0.0835.